The van der Waals surface area contributed by atoms with Crippen LogP contribution in [-0.4, -0.2) is 21.3 Å². The molecule has 0 unspecified atom stereocenters. The molecule has 18 heavy (non-hydrogen) atoms. The van der Waals surface area contributed by atoms with Crippen LogP contribution >= 0.6 is 0 Å². The first-order valence-electron chi connectivity index (χ1n) is 5.72. The molecule has 1 N–H and O–H groups in total. The van der Waals surface area contributed by atoms with E-state index in [9.17, 15) is 4.79 Å². The highest BCUT2D eigenvalue weighted by atomic mass is 16.4. The maximum absolute atomic E-state index is 10.9. The minimum absolute atomic E-state index is 0.205. The topological polar surface area (TPSA) is 76.2 Å². The Kier molecular flexibility index (Phi) is 3.41. The summed E-state index contributed by atoms with van der Waals surface area (Å²) in [5, 5.41) is 16.8. The largest absolute Gasteiger partial charge is 0.478 e. The zero-order valence-corrected chi connectivity index (χ0v) is 10.3. The molecule has 0 radical (unpaired) electrons. The first-order valence-corrected chi connectivity index (χ1v) is 5.72. The van der Waals surface area contributed by atoms with Crippen LogP contribution in [0.15, 0.2) is 28.7 Å². The predicted molar refractivity (Wildman–Crippen MR) is 65.2 cm³/mol. The summed E-state index contributed by atoms with van der Waals surface area (Å²) in [6.07, 6.45) is 0.714. The van der Waals surface area contributed by atoms with Gasteiger partial charge in [0.25, 0.3) is 0 Å². The lowest BCUT2D eigenvalue weighted by atomic mass is 10.1. The highest BCUT2D eigenvalue weighted by Crippen LogP contribution is 2.20. The molecule has 5 heteroatoms. The molecule has 0 saturated heterocycles. The lowest BCUT2D eigenvalue weighted by Gasteiger charge is -1.98. The van der Waals surface area contributed by atoms with Crippen LogP contribution in [0.25, 0.3) is 11.5 Å². The number of hydrogen-bond donors (Lipinski definition) is 1. The van der Waals surface area contributed by atoms with Gasteiger partial charge in [0.05, 0.1) is 5.56 Å². The Morgan fingerprint density at radius 1 is 1.39 bits per heavy atom. The van der Waals surface area contributed by atoms with Crippen LogP contribution in [0.2, 0.25) is 0 Å². The highest BCUT2D eigenvalue weighted by Gasteiger charge is 2.11. The van der Waals surface area contributed by atoms with E-state index in [4.69, 9.17) is 9.52 Å². The maximum Gasteiger partial charge on any atom is 0.335 e. The zero-order valence-electron chi connectivity index (χ0n) is 10.3. The normalized spacial score (nSPS) is 10.8. The molecule has 1 heterocycles. The third-order valence-corrected chi connectivity index (χ3v) is 2.41. The molecule has 0 atom stereocenters. The summed E-state index contributed by atoms with van der Waals surface area (Å²) in [5.41, 5.74) is 0.827. The van der Waals surface area contributed by atoms with Crippen molar-refractivity contribution in [1.82, 2.24) is 10.2 Å². The Labute approximate surface area is 104 Å². The second kappa shape index (κ2) is 5.00. The Bertz CT molecular complexity index is 561. The zero-order chi connectivity index (χ0) is 13.1. The van der Waals surface area contributed by atoms with E-state index in [0.29, 0.717) is 29.7 Å². The number of benzene rings is 1. The Morgan fingerprint density at radius 3 is 2.83 bits per heavy atom. The third kappa shape index (κ3) is 2.74. The van der Waals surface area contributed by atoms with Gasteiger partial charge in [-0.15, -0.1) is 10.2 Å². The molecular formula is C13H14N2O3. The van der Waals surface area contributed by atoms with Gasteiger partial charge >= 0.3 is 5.97 Å². The quantitative estimate of drug-likeness (QED) is 0.897. The standard InChI is InChI=1S/C13H14N2O3/c1-8(2)6-11-14-15-12(18-11)9-4-3-5-10(7-9)13(16)17/h3-5,7-8H,6H2,1-2H3,(H,16,17). The van der Waals surface area contributed by atoms with Crippen molar-refractivity contribution in [3.63, 3.8) is 0 Å². The van der Waals surface area contributed by atoms with Crippen molar-refractivity contribution in [2.45, 2.75) is 20.3 Å². The van der Waals surface area contributed by atoms with Crippen LogP contribution in [0, 0.1) is 5.92 Å². The monoisotopic (exact) mass is 246 g/mol. The summed E-state index contributed by atoms with van der Waals surface area (Å²) in [7, 11) is 0. The summed E-state index contributed by atoms with van der Waals surface area (Å²) >= 11 is 0. The fourth-order valence-corrected chi connectivity index (χ4v) is 1.59. The van der Waals surface area contributed by atoms with Crippen LogP contribution in [0.1, 0.15) is 30.1 Å². The van der Waals surface area contributed by atoms with Gasteiger partial charge in [-0.25, -0.2) is 4.79 Å². The van der Waals surface area contributed by atoms with Gasteiger partial charge in [0.15, 0.2) is 0 Å². The molecule has 0 aliphatic rings. The number of hydrogen-bond acceptors (Lipinski definition) is 4. The molecule has 0 fully saturated rings. The minimum Gasteiger partial charge on any atom is -0.478 e. The lowest BCUT2D eigenvalue weighted by molar-refractivity contribution is 0.0697. The van der Waals surface area contributed by atoms with Crippen molar-refractivity contribution in [2.24, 2.45) is 5.92 Å². The summed E-state index contributed by atoms with van der Waals surface area (Å²) in [4.78, 5) is 10.9. The number of aromatic carboxylic acids is 1. The fourth-order valence-electron chi connectivity index (χ4n) is 1.59. The van der Waals surface area contributed by atoms with Crippen molar-refractivity contribution in [1.29, 1.82) is 0 Å². The fraction of sp³-hybridized carbons (Fsp3) is 0.308. The van der Waals surface area contributed by atoms with E-state index in [2.05, 4.69) is 24.0 Å². The molecule has 0 aliphatic heterocycles. The Hall–Kier alpha value is -2.17. The molecule has 0 amide bonds. The van der Waals surface area contributed by atoms with Crippen molar-refractivity contribution in [3.05, 3.63) is 35.7 Å². The average Bonchev–Trinajstić information content (AvgIpc) is 2.77. The molecule has 0 saturated carbocycles. The van der Waals surface area contributed by atoms with Gasteiger partial charge in [-0.3, -0.25) is 0 Å². The molecule has 2 aromatic rings. The Morgan fingerprint density at radius 2 is 2.17 bits per heavy atom. The van der Waals surface area contributed by atoms with E-state index in [-0.39, 0.29) is 5.56 Å². The van der Waals surface area contributed by atoms with Crippen molar-refractivity contribution in [3.8, 4) is 11.5 Å². The van der Waals surface area contributed by atoms with Gasteiger partial charge < -0.3 is 9.52 Å². The lowest BCUT2D eigenvalue weighted by Crippen LogP contribution is -1.95. The van der Waals surface area contributed by atoms with Gasteiger partial charge in [0.1, 0.15) is 0 Å². The molecule has 94 valence electrons. The first-order chi connectivity index (χ1) is 8.56. The number of aromatic nitrogens is 2. The van der Waals surface area contributed by atoms with Gasteiger partial charge in [-0.2, -0.15) is 0 Å². The summed E-state index contributed by atoms with van der Waals surface area (Å²) in [6, 6.07) is 6.45. The summed E-state index contributed by atoms with van der Waals surface area (Å²) in [5.74, 6) is 0.386. The van der Waals surface area contributed by atoms with Crippen LogP contribution in [0.3, 0.4) is 0 Å². The minimum atomic E-state index is -0.973. The first kappa shape index (κ1) is 12.3. The van der Waals surface area contributed by atoms with E-state index in [0.717, 1.165) is 0 Å². The molecule has 0 bridgehead atoms. The van der Waals surface area contributed by atoms with Crippen LogP contribution < -0.4 is 0 Å². The second-order valence-electron chi connectivity index (χ2n) is 4.48. The summed E-state index contributed by atoms with van der Waals surface area (Å²) < 4.78 is 5.50. The van der Waals surface area contributed by atoms with E-state index >= 15 is 0 Å². The number of carboxylic acids is 1. The molecule has 0 aliphatic carbocycles. The molecule has 0 spiro atoms. The average molecular weight is 246 g/mol. The maximum atomic E-state index is 10.9. The molecular weight excluding hydrogens is 232 g/mol. The molecule has 2 rings (SSSR count). The molecule has 5 nitrogen and oxygen atoms in total. The second-order valence-corrected chi connectivity index (χ2v) is 4.48. The molecule has 1 aromatic heterocycles. The smallest absolute Gasteiger partial charge is 0.335 e. The van der Waals surface area contributed by atoms with E-state index < -0.39 is 5.97 Å². The SMILES string of the molecule is CC(C)Cc1nnc(-c2cccc(C(=O)O)c2)o1. The number of nitrogens with zero attached hydrogens (tertiary/aromatic N) is 2. The van der Waals surface area contributed by atoms with Crippen LogP contribution in [0.5, 0.6) is 0 Å². The predicted octanol–water partition coefficient (Wildman–Crippen LogP) is 2.63. The third-order valence-electron chi connectivity index (χ3n) is 2.41. The van der Waals surface area contributed by atoms with Gasteiger partial charge in [-0.1, -0.05) is 19.9 Å². The van der Waals surface area contributed by atoms with E-state index in [1.165, 1.54) is 12.1 Å². The highest BCUT2D eigenvalue weighted by molar-refractivity contribution is 5.88. The number of carbonyl (C=O) groups is 1. The molecule has 1 aromatic carbocycles. The summed E-state index contributed by atoms with van der Waals surface area (Å²) in [6.45, 7) is 4.13. The van der Waals surface area contributed by atoms with Crippen molar-refractivity contribution < 1.29 is 14.3 Å². The van der Waals surface area contributed by atoms with Crippen molar-refractivity contribution >= 4 is 5.97 Å². The Balaban J connectivity index is 2.28. The van der Waals surface area contributed by atoms with E-state index in [1.54, 1.807) is 12.1 Å². The number of rotatable bonds is 4. The van der Waals surface area contributed by atoms with Gasteiger partial charge in [-0.05, 0) is 24.1 Å². The van der Waals surface area contributed by atoms with Crippen molar-refractivity contribution in [2.75, 3.05) is 0 Å². The van der Waals surface area contributed by atoms with Crippen LogP contribution in [-0.2, 0) is 6.42 Å². The number of carboxylic acid groups (broad SMARTS) is 1. The van der Waals surface area contributed by atoms with E-state index in [1.807, 2.05) is 0 Å². The van der Waals surface area contributed by atoms with Gasteiger partial charge in [0.2, 0.25) is 11.8 Å². The van der Waals surface area contributed by atoms with Crippen LogP contribution in [0.4, 0.5) is 0 Å². The van der Waals surface area contributed by atoms with Gasteiger partial charge in [0, 0.05) is 12.0 Å².